The molecular weight excluding hydrogens is 515 g/mol. The molecule has 0 amide bonds. The van der Waals surface area contributed by atoms with Crippen LogP contribution in [-0.4, -0.2) is 46.9 Å². The smallest absolute Gasteiger partial charge is 0.501 e. The van der Waals surface area contributed by atoms with E-state index in [1.54, 1.807) is 0 Å². The van der Waals surface area contributed by atoms with E-state index in [0.29, 0.717) is 0 Å². The minimum atomic E-state index is -0.938. The molecule has 0 aromatic heterocycles. The SMILES string of the molecule is CC1(C)OB(c2c(O)cc(Cl)cc2F)OC1(C)C.CC1(C)OB(c2c(O)cc(F)cc2Cl)OC1(C)C. The molecule has 0 spiro atoms. The van der Waals surface area contributed by atoms with Crippen LogP contribution in [0.3, 0.4) is 0 Å². The van der Waals surface area contributed by atoms with Gasteiger partial charge in [0.25, 0.3) is 0 Å². The number of phenolic OH excluding ortho intramolecular Hbond substituents is 2. The van der Waals surface area contributed by atoms with Gasteiger partial charge in [0, 0.05) is 21.6 Å². The van der Waals surface area contributed by atoms with E-state index in [1.807, 2.05) is 55.4 Å². The van der Waals surface area contributed by atoms with Gasteiger partial charge in [-0.05, 0) is 73.6 Å². The predicted molar refractivity (Wildman–Crippen MR) is 138 cm³/mol. The van der Waals surface area contributed by atoms with Gasteiger partial charge in [-0.1, -0.05) is 23.2 Å². The second-order valence-electron chi connectivity index (χ2n) is 10.8. The molecule has 0 aliphatic carbocycles. The molecule has 36 heavy (non-hydrogen) atoms. The van der Waals surface area contributed by atoms with Crippen LogP contribution in [0.4, 0.5) is 8.78 Å². The summed E-state index contributed by atoms with van der Waals surface area (Å²) in [4.78, 5) is 0. The minimum absolute atomic E-state index is 0.0157. The molecule has 0 bridgehead atoms. The molecule has 2 heterocycles. The topological polar surface area (TPSA) is 77.4 Å². The summed E-state index contributed by atoms with van der Waals surface area (Å²) in [5.74, 6) is -1.77. The van der Waals surface area contributed by atoms with Gasteiger partial charge in [-0.25, -0.2) is 8.78 Å². The third-order valence-corrected chi connectivity index (χ3v) is 7.65. The van der Waals surface area contributed by atoms with Crippen LogP contribution in [0.1, 0.15) is 55.4 Å². The molecule has 0 saturated carbocycles. The van der Waals surface area contributed by atoms with Gasteiger partial charge in [0.1, 0.15) is 23.1 Å². The van der Waals surface area contributed by atoms with Crippen molar-refractivity contribution in [2.45, 2.75) is 77.8 Å². The van der Waals surface area contributed by atoms with Gasteiger partial charge < -0.3 is 28.8 Å². The molecule has 2 fully saturated rings. The zero-order valence-corrected chi connectivity index (χ0v) is 23.0. The van der Waals surface area contributed by atoms with Crippen molar-refractivity contribution >= 4 is 48.4 Å². The maximum atomic E-state index is 13.9. The molecule has 196 valence electrons. The predicted octanol–water partition coefficient (Wildman–Crippen LogP) is 4.97. The molecule has 0 unspecified atom stereocenters. The van der Waals surface area contributed by atoms with Crippen molar-refractivity contribution in [1.82, 2.24) is 0 Å². The summed E-state index contributed by atoms with van der Waals surface area (Å²) < 4.78 is 49.8. The fraction of sp³-hybridized carbons (Fsp3) is 0.500. The zero-order valence-electron chi connectivity index (χ0n) is 21.5. The lowest BCUT2D eigenvalue weighted by Gasteiger charge is -2.32. The first kappa shape index (κ1) is 29.0. The van der Waals surface area contributed by atoms with E-state index in [0.717, 1.165) is 18.2 Å². The van der Waals surface area contributed by atoms with Crippen molar-refractivity contribution in [2.24, 2.45) is 0 Å². The number of halogens is 4. The first-order valence-electron chi connectivity index (χ1n) is 11.3. The number of benzene rings is 2. The van der Waals surface area contributed by atoms with Crippen LogP contribution in [0.2, 0.25) is 10.0 Å². The number of aromatic hydroxyl groups is 2. The standard InChI is InChI=1S/2C12H15BClFO3/c1-11(2)12(3,4)18-13(17-11)10-8(14)5-7(15)6-9(10)16;1-11(2)12(3,4)18-13(17-11)10-8(15)5-7(14)6-9(10)16/h2*5-6,16H,1-4H3. The number of hydrogen-bond donors (Lipinski definition) is 2. The van der Waals surface area contributed by atoms with Gasteiger partial charge in [-0.2, -0.15) is 0 Å². The van der Waals surface area contributed by atoms with E-state index < -0.39 is 48.3 Å². The second kappa shape index (κ2) is 9.64. The van der Waals surface area contributed by atoms with E-state index in [2.05, 4.69) is 0 Å². The lowest BCUT2D eigenvalue weighted by atomic mass is 9.78. The molecule has 2 aromatic rings. The maximum Gasteiger partial charge on any atom is 0.501 e. The molecular formula is C24H30B2Cl2F2O6. The number of phenols is 2. The Balaban J connectivity index is 0.000000201. The number of hydrogen-bond acceptors (Lipinski definition) is 6. The summed E-state index contributed by atoms with van der Waals surface area (Å²) >= 11 is 11.6. The highest BCUT2D eigenvalue weighted by Crippen LogP contribution is 2.39. The molecule has 2 aliphatic rings. The zero-order chi connectivity index (χ0) is 27.4. The summed E-state index contributed by atoms with van der Waals surface area (Å²) in [5, 5.41) is 19.8. The summed E-state index contributed by atoms with van der Waals surface area (Å²) in [6.07, 6.45) is 0. The number of rotatable bonds is 2. The van der Waals surface area contributed by atoms with Gasteiger partial charge >= 0.3 is 14.2 Å². The van der Waals surface area contributed by atoms with Crippen LogP contribution in [0, 0.1) is 11.6 Å². The van der Waals surface area contributed by atoms with E-state index in [-0.39, 0.29) is 32.5 Å². The maximum absolute atomic E-state index is 13.9. The lowest BCUT2D eigenvalue weighted by molar-refractivity contribution is 0.00578. The van der Waals surface area contributed by atoms with E-state index in [9.17, 15) is 19.0 Å². The largest absolute Gasteiger partial charge is 0.508 e. The Kier molecular flexibility index (Phi) is 7.77. The van der Waals surface area contributed by atoms with E-state index in [1.165, 1.54) is 6.07 Å². The highest BCUT2D eigenvalue weighted by molar-refractivity contribution is 6.66. The van der Waals surface area contributed by atoms with E-state index >= 15 is 0 Å². The third kappa shape index (κ3) is 5.49. The Morgan fingerprint density at radius 1 is 0.639 bits per heavy atom. The Morgan fingerprint density at radius 3 is 1.42 bits per heavy atom. The molecule has 4 rings (SSSR count). The van der Waals surface area contributed by atoms with Crippen molar-refractivity contribution in [2.75, 3.05) is 0 Å². The summed E-state index contributed by atoms with van der Waals surface area (Å²) in [5.41, 5.74) is -2.01. The summed E-state index contributed by atoms with van der Waals surface area (Å²) in [7, 11) is -1.74. The van der Waals surface area contributed by atoms with Crippen LogP contribution in [0.5, 0.6) is 11.5 Å². The average molecular weight is 545 g/mol. The van der Waals surface area contributed by atoms with Gasteiger partial charge in [0.2, 0.25) is 0 Å². The Bertz CT molecular complexity index is 992. The minimum Gasteiger partial charge on any atom is -0.508 e. The first-order chi connectivity index (χ1) is 16.3. The molecule has 6 nitrogen and oxygen atoms in total. The average Bonchev–Trinajstić information content (AvgIpc) is 2.99. The van der Waals surface area contributed by atoms with Crippen LogP contribution >= 0.6 is 23.2 Å². The summed E-state index contributed by atoms with van der Waals surface area (Å²) in [6, 6.07) is 4.51. The van der Waals surface area contributed by atoms with Crippen molar-refractivity contribution in [3.63, 3.8) is 0 Å². The Labute approximate surface area is 221 Å². The van der Waals surface area contributed by atoms with Gasteiger partial charge in [0.15, 0.2) is 0 Å². The van der Waals surface area contributed by atoms with E-state index in [4.69, 9.17) is 41.8 Å². The van der Waals surface area contributed by atoms with Gasteiger partial charge in [-0.3, -0.25) is 0 Å². The lowest BCUT2D eigenvalue weighted by Crippen LogP contribution is -2.41. The highest BCUT2D eigenvalue weighted by atomic mass is 35.5. The molecule has 2 aliphatic heterocycles. The quantitative estimate of drug-likeness (QED) is 0.520. The molecule has 2 saturated heterocycles. The molecule has 2 aromatic carbocycles. The van der Waals surface area contributed by atoms with Gasteiger partial charge in [0.05, 0.1) is 27.9 Å². The molecule has 0 atom stereocenters. The normalized spacial score (nSPS) is 21.3. The van der Waals surface area contributed by atoms with Crippen molar-refractivity contribution in [1.29, 1.82) is 0 Å². The van der Waals surface area contributed by atoms with Crippen LogP contribution in [0.25, 0.3) is 0 Å². The van der Waals surface area contributed by atoms with Crippen molar-refractivity contribution < 1.29 is 37.6 Å². The Morgan fingerprint density at radius 2 is 1.03 bits per heavy atom. The fourth-order valence-electron chi connectivity index (χ4n) is 3.53. The molecule has 12 heteroatoms. The molecule has 0 radical (unpaired) electrons. The fourth-order valence-corrected chi connectivity index (χ4v) is 4.02. The second-order valence-corrected chi connectivity index (χ2v) is 11.7. The Hall–Kier alpha value is -1.55. The third-order valence-electron chi connectivity index (χ3n) is 7.12. The van der Waals surface area contributed by atoms with Gasteiger partial charge in [-0.15, -0.1) is 0 Å². The van der Waals surface area contributed by atoms with Crippen LogP contribution in [0.15, 0.2) is 24.3 Å². The monoisotopic (exact) mass is 544 g/mol. The van der Waals surface area contributed by atoms with Crippen molar-refractivity contribution in [3.05, 3.63) is 45.9 Å². The molecule has 2 N–H and O–H groups in total. The van der Waals surface area contributed by atoms with Crippen LogP contribution in [-0.2, 0) is 18.6 Å². The first-order valence-corrected chi connectivity index (χ1v) is 12.1. The highest BCUT2D eigenvalue weighted by Gasteiger charge is 2.54. The summed E-state index contributed by atoms with van der Waals surface area (Å²) in [6.45, 7) is 15.0. The van der Waals surface area contributed by atoms with Crippen molar-refractivity contribution in [3.8, 4) is 11.5 Å². The van der Waals surface area contributed by atoms with Crippen LogP contribution < -0.4 is 10.9 Å².